The summed E-state index contributed by atoms with van der Waals surface area (Å²) in [6, 6.07) is 10.7. The predicted octanol–water partition coefficient (Wildman–Crippen LogP) is 3.96. The monoisotopic (exact) mass is 397 g/mol. The second kappa shape index (κ2) is 11.1. The van der Waals surface area contributed by atoms with E-state index >= 15 is 0 Å². The molecule has 0 spiro atoms. The number of benzene rings is 1. The molecule has 5 nitrogen and oxygen atoms in total. The Balaban J connectivity index is 1.63. The first-order chi connectivity index (χ1) is 14.1. The van der Waals surface area contributed by atoms with Crippen molar-refractivity contribution in [3.8, 4) is 0 Å². The molecule has 158 valence electrons. The van der Waals surface area contributed by atoms with Crippen LogP contribution >= 0.6 is 0 Å². The molecule has 0 saturated carbocycles. The van der Waals surface area contributed by atoms with Crippen molar-refractivity contribution < 1.29 is 0 Å². The van der Waals surface area contributed by atoms with Crippen LogP contribution in [0.2, 0.25) is 0 Å². The van der Waals surface area contributed by atoms with E-state index in [1.165, 1.54) is 29.4 Å². The van der Waals surface area contributed by atoms with E-state index in [4.69, 9.17) is 0 Å². The third-order valence-corrected chi connectivity index (χ3v) is 5.89. The van der Waals surface area contributed by atoms with Gasteiger partial charge in [0.05, 0.1) is 0 Å². The number of fused-ring (bicyclic) bond motifs is 2. The molecular weight excluding hydrogens is 362 g/mol. The summed E-state index contributed by atoms with van der Waals surface area (Å²) < 4.78 is 3.19. The molecule has 1 aromatic heterocycles. The molecule has 3 rings (SSSR count). The van der Waals surface area contributed by atoms with E-state index in [1.807, 2.05) is 6.92 Å². The van der Waals surface area contributed by atoms with Crippen LogP contribution in [0.4, 0.5) is 0 Å². The van der Waals surface area contributed by atoms with Gasteiger partial charge in [-0.1, -0.05) is 56.0 Å². The molecule has 1 aromatic carbocycles. The highest BCUT2D eigenvalue weighted by atomic mass is 16.2. The van der Waals surface area contributed by atoms with E-state index in [9.17, 15) is 9.59 Å². The number of rotatable bonds is 2. The topological polar surface area (TPSA) is 47.2 Å². The summed E-state index contributed by atoms with van der Waals surface area (Å²) in [6.07, 6.45) is 10.5. The van der Waals surface area contributed by atoms with Gasteiger partial charge in [-0.25, -0.2) is 4.79 Å². The molecule has 2 bridgehead atoms. The van der Waals surface area contributed by atoms with Crippen LogP contribution in [-0.4, -0.2) is 27.1 Å². The summed E-state index contributed by atoms with van der Waals surface area (Å²) in [7, 11) is 0. The zero-order valence-electron chi connectivity index (χ0n) is 17.8. The first-order valence-corrected chi connectivity index (χ1v) is 11.2. The van der Waals surface area contributed by atoms with Gasteiger partial charge in [-0.3, -0.25) is 14.3 Å². The van der Waals surface area contributed by atoms with E-state index in [2.05, 4.69) is 35.2 Å². The molecule has 2 aromatic rings. The average Bonchev–Trinajstić information content (AvgIpc) is 2.72. The van der Waals surface area contributed by atoms with Crippen molar-refractivity contribution in [2.75, 3.05) is 13.1 Å². The molecular formula is C24H35N3O2. The van der Waals surface area contributed by atoms with Gasteiger partial charge in [-0.05, 0) is 51.3 Å². The Kier molecular flexibility index (Phi) is 8.29. The fourth-order valence-corrected chi connectivity index (χ4v) is 4.20. The fourth-order valence-electron chi connectivity index (χ4n) is 4.20. The maximum Gasteiger partial charge on any atom is 0.330 e. The minimum absolute atomic E-state index is 0.124. The number of nitrogens with zero attached hydrogens (tertiary/aromatic N) is 3. The van der Waals surface area contributed by atoms with Crippen LogP contribution in [0.15, 0.2) is 46.1 Å². The van der Waals surface area contributed by atoms with Crippen LogP contribution in [0.5, 0.6) is 0 Å². The van der Waals surface area contributed by atoms with Gasteiger partial charge < -0.3 is 4.57 Å². The van der Waals surface area contributed by atoms with Crippen molar-refractivity contribution in [1.29, 1.82) is 0 Å². The highest BCUT2D eigenvalue weighted by molar-refractivity contribution is 5.14. The second-order valence-corrected chi connectivity index (χ2v) is 8.34. The molecule has 0 saturated heterocycles. The summed E-state index contributed by atoms with van der Waals surface area (Å²) in [5.74, 6) is 0. The summed E-state index contributed by atoms with van der Waals surface area (Å²) >= 11 is 0. The molecule has 1 aliphatic heterocycles. The lowest BCUT2D eigenvalue weighted by Crippen LogP contribution is -2.40. The van der Waals surface area contributed by atoms with Gasteiger partial charge in [-0.2, -0.15) is 0 Å². The van der Waals surface area contributed by atoms with Gasteiger partial charge >= 0.3 is 5.69 Å². The van der Waals surface area contributed by atoms with Crippen molar-refractivity contribution >= 4 is 0 Å². The van der Waals surface area contributed by atoms with Crippen molar-refractivity contribution in [1.82, 2.24) is 14.0 Å². The summed E-state index contributed by atoms with van der Waals surface area (Å²) in [4.78, 5) is 27.7. The Labute approximate surface area is 174 Å². The molecule has 0 N–H and O–H groups in total. The third-order valence-electron chi connectivity index (χ3n) is 5.89. The maximum absolute atomic E-state index is 12.7. The number of hydrogen-bond donors (Lipinski definition) is 0. The summed E-state index contributed by atoms with van der Waals surface area (Å²) in [6.45, 7) is 6.33. The predicted molar refractivity (Wildman–Crippen MR) is 118 cm³/mol. The van der Waals surface area contributed by atoms with Gasteiger partial charge in [-0.15, -0.1) is 0 Å². The Hall–Kier alpha value is -2.14. The summed E-state index contributed by atoms with van der Waals surface area (Å²) in [5.41, 5.74) is 1.79. The normalized spacial score (nSPS) is 17.8. The molecule has 2 heterocycles. The SMILES string of the molecule is Cc1cn2c(=O)n(c1=O)CCCCCCN(Cc1ccccc1)CCCCCC2. The van der Waals surface area contributed by atoms with E-state index in [0.29, 0.717) is 18.7 Å². The van der Waals surface area contributed by atoms with Crippen molar-refractivity contribution in [2.45, 2.75) is 77.9 Å². The van der Waals surface area contributed by atoms with E-state index < -0.39 is 0 Å². The zero-order valence-corrected chi connectivity index (χ0v) is 17.8. The van der Waals surface area contributed by atoms with Gasteiger partial charge in [0, 0.05) is 31.4 Å². The molecule has 29 heavy (non-hydrogen) atoms. The second-order valence-electron chi connectivity index (χ2n) is 8.34. The van der Waals surface area contributed by atoms with Crippen LogP contribution < -0.4 is 11.2 Å². The lowest BCUT2D eigenvalue weighted by atomic mass is 10.1. The molecule has 0 aliphatic carbocycles. The van der Waals surface area contributed by atoms with Crippen molar-refractivity contribution in [2.24, 2.45) is 0 Å². The molecule has 0 radical (unpaired) electrons. The van der Waals surface area contributed by atoms with Crippen LogP contribution in [-0.2, 0) is 19.6 Å². The smallest absolute Gasteiger partial charge is 0.300 e. The molecule has 0 unspecified atom stereocenters. The Bertz CT molecular complexity index is 870. The quantitative estimate of drug-likeness (QED) is 0.771. The Morgan fingerprint density at radius 3 is 2.00 bits per heavy atom. The number of aryl methyl sites for hydroxylation is 2. The average molecular weight is 398 g/mol. The minimum Gasteiger partial charge on any atom is -0.300 e. The van der Waals surface area contributed by atoms with Crippen molar-refractivity contribution in [3.05, 3.63) is 68.5 Å². The zero-order chi connectivity index (χ0) is 20.5. The first kappa shape index (κ1) is 21.6. The molecule has 5 heteroatoms. The summed E-state index contributed by atoms with van der Waals surface area (Å²) in [5, 5.41) is 0. The first-order valence-electron chi connectivity index (χ1n) is 11.2. The minimum atomic E-state index is -0.137. The maximum atomic E-state index is 12.7. The Morgan fingerprint density at radius 1 is 0.759 bits per heavy atom. The van der Waals surface area contributed by atoms with Crippen LogP contribution in [0.25, 0.3) is 0 Å². The van der Waals surface area contributed by atoms with E-state index in [-0.39, 0.29) is 11.2 Å². The van der Waals surface area contributed by atoms with Gasteiger partial charge in [0.1, 0.15) is 0 Å². The standard InChI is InChI=1S/C24H35N3O2/c1-21-19-26-17-11-4-2-9-15-25(20-22-13-7-6-8-14-22)16-10-3-5-12-18-27(23(21)28)24(26)29/h6-8,13-14,19H,2-5,9-12,15-18,20H2,1H3. The molecule has 1 aliphatic rings. The largest absolute Gasteiger partial charge is 0.330 e. The van der Waals surface area contributed by atoms with Gasteiger partial charge in [0.15, 0.2) is 0 Å². The van der Waals surface area contributed by atoms with E-state index in [1.54, 1.807) is 10.8 Å². The molecule has 0 fully saturated rings. The molecule has 0 atom stereocenters. The van der Waals surface area contributed by atoms with Gasteiger partial charge in [0.25, 0.3) is 5.56 Å². The molecule has 0 amide bonds. The van der Waals surface area contributed by atoms with Crippen LogP contribution in [0, 0.1) is 6.92 Å². The lowest BCUT2D eigenvalue weighted by molar-refractivity contribution is 0.251. The van der Waals surface area contributed by atoms with Crippen LogP contribution in [0.1, 0.15) is 62.5 Å². The highest BCUT2D eigenvalue weighted by Gasteiger charge is 2.10. The van der Waals surface area contributed by atoms with Crippen molar-refractivity contribution in [3.63, 3.8) is 0 Å². The van der Waals surface area contributed by atoms with Gasteiger partial charge in [0.2, 0.25) is 0 Å². The Morgan fingerprint density at radius 2 is 1.34 bits per heavy atom. The van der Waals surface area contributed by atoms with Crippen LogP contribution in [0.3, 0.4) is 0 Å². The third kappa shape index (κ3) is 6.43. The lowest BCUT2D eigenvalue weighted by Gasteiger charge is -2.23. The number of aromatic nitrogens is 2. The highest BCUT2D eigenvalue weighted by Crippen LogP contribution is 2.11. The fraction of sp³-hybridized carbons (Fsp3) is 0.583. The number of hydrogen-bond acceptors (Lipinski definition) is 3. The van der Waals surface area contributed by atoms with E-state index in [0.717, 1.165) is 51.7 Å².